The highest BCUT2D eigenvalue weighted by atomic mass is 19.1. The first-order chi connectivity index (χ1) is 7.81. The van der Waals surface area contributed by atoms with Gasteiger partial charge in [-0.15, -0.1) is 5.10 Å². The van der Waals surface area contributed by atoms with Crippen molar-refractivity contribution in [1.82, 2.24) is 25.5 Å². The van der Waals surface area contributed by atoms with Gasteiger partial charge in [-0.2, -0.15) is 4.68 Å². The van der Waals surface area contributed by atoms with Gasteiger partial charge in [0.1, 0.15) is 5.82 Å². The first-order valence-electron chi connectivity index (χ1n) is 4.99. The van der Waals surface area contributed by atoms with Crippen molar-refractivity contribution in [3.05, 3.63) is 35.9 Å². The third-order valence-electron chi connectivity index (χ3n) is 2.19. The maximum atomic E-state index is 13.0. The molecule has 1 heterocycles. The van der Waals surface area contributed by atoms with E-state index in [-0.39, 0.29) is 5.82 Å². The summed E-state index contributed by atoms with van der Waals surface area (Å²) in [6.45, 7) is 0.774. The standard InChI is InChI=1S/C10H12FN5/c1-12-6-5-10-13-14-15-16(10)9-4-2-3-8(11)7-9/h2-4,7,12H,5-6H2,1H3. The van der Waals surface area contributed by atoms with E-state index in [0.717, 1.165) is 6.54 Å². The topological polar surface area (TPSA) is 55.6 Å². The van der Waals surface area contributed by atoms with E-state index in [0.29, 0.717) is 17.9 Å². The number of likely N-dealkylation sites (N-methyl/N-ethyl adjacent to an activating group) is 1. The second-order valence-electron chi connectivity index (χ2n) is 3.34. The Morgan fingerprint density at radius 2 is 2.31 bits per heavy atom. The molecule has 5 nitrogen and oxygen atoms in total. The minimum absolute atomic E-state index is 0.299. The molecule has 2 rings (SSSR count). The fraction of sp³-hybridized carbons (Fsp3) is 0.300. The number of benzene rings is 1. The summed E-state index contributed by atoms with van der Waals surface area (Å²) in [5.74, 6) is 0.410. The number of halogens is 1. The van der Waals surface area contributed by atoms with E-state index in [1.54, 1.807) is 16.8 Å². The van der Waals surface area contributed by atoms with Crippen molar-refractivity contribution in [2.24, 2.45) is 0 Å². The van der Waals surface area contributed by atoms with Gasteiger partial charge in [0.05, 0.1) is 5.69 Å². The Morgan fingerprint density at radius 3 is 3.06 bits per heavy atom. The Kier molecular flexibility index (Phi) is 3.21. The molecule has 0 saturated carbocycles. The molecule has 0 radical (unpaired) electrons. The summed E-state index contributed by atoms with van der Waals surface area (Å²) >= 11 is 0. The zero-order valence-corrected chi connectivity index (χ0v) is 8.89. The molecule has 1 aromatic heterocycles. The molecule has 0 aliphatic rings. The molecule has 1 N–H and O–H groups in total. The van der Waals surface area contributed by atoms with Crippen LogP contribution in [0.1, 0.15) is 5.82 Å². The number of nitrogens with one attached hydrogen (secondary N) is 1. The average molecular weight is 221 g/mol. The van der Waals surface area contributed by atoms with Gasteiger partial charge < -0.3 is 5.32 Å². The third-order valence-corrected chi connectivity index (χ3v) is 2.19. The van der Waals surface area contributed by atoms with Crippen LogP contribution >= 0.6 is 0 Å². The summed E-state index contributed by atoms with van der Waals surface area (Å²) in [7, 11) is 1.86. The first-order valence-corrected chi connectivity index (χ1v) is 4.99. The van der Waals surface area contributed by atoms with Crippen molar-refractivity contribution in [3.8, 4) is 5.69 Å². The Hall–Kier alpha value is -1.82. The summed E-state index contributed by atoms with van der Waals surface area (Å²) in [6, 6.07) is 6.19. The number of hydrogen-bond acceptors (Lipinski definition) is 4. The maximum absolute atomic E-state index is 13.0. The summed E-state index contributed by atoms with van der Waals surface area (Å²) < 4.78 is 14.6. The van der Waals surface area contributed by atoms with Gasteiger partial charge in [0.2, 0.25) is 0 Å². The van der Waals surface area contributed by atoms with Crippen LogP contribution in [-0.4, -0.2) is 33.8 Å². The van der Waals surface area contributed by atoms with E-state index in [4.69, 9.17) is 0 Å². The van der Waals surface area contributed by atoms with Crippen molar-refractivity contribution in [1.29, 1.82) is 0 Å². The third kappa shape index (κ3) is 2.22. The van der Waals surface area contributed by atoms with Crippen molar-refractivity contribution in [2.75, 3.05) is 13.6 Å². The van der Waals surface area contributed by atoms with E-state index in [1.807, 2.05) is 7.05 Å². The van der Waals surface area contributed by atoms with Crippen LogP contribution in [0.15, 0.2) is 24.3 Å². The Labute approximate surface area is 92.3 Å². The van der Waals surface area contributed by atoms with Crippen molar-refractivity contribution < 1.29 is 4.39 Å². The van der Waals surface area contributed by atoms with Crippen LogP contribution in [0.5, 0.6) is 0 Å². The van der Waals surface area contributed by atoms with Gasteiger partial charge in [-0.25, -0.2) is 4.39 Å². The molecule has 0 aliphatic carbocycles. The molecular weight excluding hydrogens is 209 g/mol. The molecule has 0 unspecified atom stereocenters. The molecule has 2 aromatic rings. The van der Waals surface area contributed by atoms with Crippen LogP contribution in [0, 0.1) is 5.82 Å². The van der Waals surface area contributed by atoms with E-state index in [1.165, 1.54) is 12.1 Å². The minimum atomic E-state index is -0.299. The van der Waals surface area contributed by atoms with Gasteiger partial charge in [-0.1, -0.05) is 6.07 Å². The zero-order chi connectivity index (χ0) is 11.4. The minimum Gasteiger partial charge on any atom is -0.319 e. The fourth-order valence-electron chi connectivity index (χ4n) is 1.41. The van der Waals surface area contributed by atoms with Crippen LogP contribution in [0.4, 0.5) is 4.39 Å². The predicted molar refractivity (Wildman–Crippen MR) is 56.7 cm³/mol. The second-order valence-corrected chi connectivity index (χ2v) is 3.34. The molecule has 84 valence electrons. The molecule has 6 heteroatoms. The van der Waals surface area contributed by atoms with Crippen LogP contribution in [-0.2, 0) is 6.42 Å². The lowest BCUT2D eigenvalue weighted by molar-refractivity contribution is 0.623. The molecule has 0 fully saturated rings. The zero-order valence-electron chi connectivity index (χ0n) is 8.89. The number of nitrogens with zero attached hydrogens (tertiary/aromatic N) is 4. The smallest absolute Gasteiger partial charge is 0.157 e. The van der Waals surface area contributed by atoms with E-state index in [9.17, 15) is 4.39 Å². The molecule has 0 atom stereocenters. The monoisotopic (exact) mass is 221 g/mol. The molecular formula is C10H12FN5. The van der Waals surface area contributed by atoms with Crippen molar-refractivity contribution in [2.45, 2.75) is 6.42 Å². The van der Waals surface area contributed by atoms with Crippen molar-refractivity contribution >= 4 is 0 Å². The lowest BCUT2D eigenvalue weighted by atomic mass is 10.3. The van der Waals surface area contributed by atoms with E-state index >= 15 is 0 Å². The average Bonchev–Trinajstić information content (AvgIpc) is 2.74. The SMILES string of the molecule is CNCCc1nnnn1-c1cccc(F)c1. The molecule has 0 aliphatic heterocycles. The van der Waals surface area contributed by atoms with Crippen LogP contribution in [0.25, 0.3) is 5.69 Å². The maximum Gasteiger partial charge on any atom is 0.157 e. The summed E-state index contributed by atoms with van der Waals surface area (Å²) in [5, 5.41) is 14.3. The van der Waals surface area contributed by atoms with Gasteiger partial charge >= 0.3 is 0 Å². The summed E-state index contributed by atoms with van der Waals surface area (Å²) in [6.07, 6.45) is 0.694. The lowest BCUT2D eigenvalue weighted by Gasteiger charge is -2.03. The van der Waals surface area contributed by atoms with E-state index in [2.05, 4.69) is 20.8 Å². The second kappa shape index (κ2) is 4.80. The largest absolute Gasteiger partial charge is 0.319 e. The molecule has 0 saturated heterocycles. The molecule has 0 amide bonds. The highest BCUT2D eigenvalue weighted by Crippen LogP contribution is 2.09. The van der Waals surface area contributed by atoms with E-state index < -0.39 is 0 Å². The number of hydrogen-bond donors (Lipinski definition) is 1. The molecule has 16 heavy (non-hydrogen) atoms. The Morgan fingerprint density at radius 1 is 1.44 bits per heavy atom. The van der Waals surface area contributed by atoms with Crippen LogP contribution in [0.3, 0.4) is 0 Å². The summed E-state index contributed by atoms with van der Waals surface area (Å²) in [5.41, 5.74) is 0.635. The summed E-state index contributed by atoms with van der Waals surface area (Å²) in [4.78, 5) is 0. The molecule has 0 bridgehead atoms. The van der Waals surface area contributed by atoms with Gasteiger partial charge in [-0.3, -0.25) is 0 Å². The van der Waals surface area contributed by atoms with Crippen LogP contribution in [0.2, 0.25) is 0 Å². The quantitative estimate of drug-likeness (QED) is 0.819. The highest BCUT2D eigenvalue weighted by Gasteiger charge is 2.07. The normalized spacial score (nSPS) is 10.6. The van der Waals surface area contributed by atoms with Gasteiger partial charge in [-0.05, 0) is 35.7 Å². The molecule has 0 spiro atoms. The Balaban J connectivity index is 2.29. The number of rotatable bonds is 4. The number of aromatic nitrogens is 4. The fourth-order valence-corrected chi connectivity index (χ4v) is 1.41. The highest BCUT2D eigenvalue weighted by molar-refractivity contribution is 5.31. The Bertz CT molecular complexity index is 468. The van der Waals surface area contributed by atoms with Crippen molar-refractivity contribution in [3.63, 3.8) is 0 Å². The molecule has 1 aromatic carbocycles. The first kappa shape index (κ1) is 10.7. The van der Waals surface area contributed by atoms with Crippen LogP contribution < -0.4 is 5.32 Å². The van der Waals surface area contributed by atoms with Gasteiger partial charge in [0.25, 0.3) is 0 Å². The predicted octanol–water partition coefficient (Wildman–Crippen LogP) is 0.563. The number of tetrazole rings is 1. The van der Waals surface area contributed by atoms with Gasteiger partial charge in [0.15, 0.2) is 5.82 Å². The lowest BCUT2D eigenvalue weighted by Crippen LogP contribution is -2.14. The van der Waals surface area contributed by atoms with Gasteiger partial charge in [0, 0.05) is 13.0 Å².